The third-order valence-corrected chi connectivity index (χ3v) is 3.99. The minimum atomic E-state index is 0. The zero-order valence-corrected chi connectivity index (χ0v) is 14.4. The van der Waals surface area contributed by atoms with Gasteiger partial charge in [-0.1, -0.05) is 30.3 Å². The first-order valence-corrected chi connectivity index (χ1v) is 7.85. The second-order valence-electron chi connectivity index (χ2n) is 6.09. The standard InChI is InChI=1S/C17H27N3O.ClH/c1-19(2)11-12-20(14-15-7-4-3-5-8-15)17(21)16-9-6-10-18-13-16;/h3-5,7-8,16,18H,6,9-14H2,1-2H3;1H. The molecule has 0 aliphatic carbocycles. The molecular weight excluding hydrogens is 298 g/mol. The molecule has 0 aromatic heterocycles. The summed E-state index contributed by atoms with van der Waals surface area (Å²) in [6, 6.07) is 10.3. The number of nitrogens with zero attached hydrogens (tertiary/aromatic N) is 2. The van der Waals surface area contributed by atoms with Crippen LogP contribution in [0.3, 0.4) is 0 Å². The van der Waals surface area contributed by atoms with E-state index in [2.05, 4.69) is 22.3 Å². The maximum atomic E-state index is 12.8. The Hall–Kier alpha value is -1.10. The zero-order chi connectivity index (χ0) is 15.1. The van der Waals surface area contributed by atoms with Gasteiger partial charge in [-0.15, -0.1) is 12.4 Å². The van der Waals surface area contributed by atoms with Crippen LogP contribution in [0.4, 0.5) is 0 Å². The maximum absolute atomic E-state index is 12.8. The number of nitrogens with one attached hydrogen (secondary N) is 1. The van der Waals surface area contributed by atoms with Crippen LogP contribution in [-0.4, -0.2) is 56.0 Å². The number of rotatable bonds is 6. The Morgan fingerprint density at radius 1 is 1.23 bits per heavy atom. The van der Waals surface area contributed by atoms with Gasteiger partial charge >= 0.3 is 0 Å². The lowest BCUT2D eigenvalue weighted by atomic mass is 9.98. The lowest BCUT2D eigenvalue weighted by molar-refractivity contribution is -0.136. The van der Waals surface area contributed by atoms with Crippen molar-refractivity contribution in [1.82, 2.24) is 15.1 Å². The number of likely N-dealkylation sites (N-methyl/N-ethyl adjacent to an activating group) is 1. The van der Waals surface area contributed by atoms with Crippen LogP contribution in [0.1, 0.15) is 18.4 Å². The Labute approximate surface area is 140 Å². The molecule has 1 atom stereocenters. The second-order valence-corrected chi connectivity index (χ2v) is 6.09. The first-order valence-electron chi connectivity index (χ1n) is 7.85. The molecule has 1 aliphatic rings. The fourth-order valence-corrected chi connectivity index (χ4v) is 2.71. The molecule has 1 aliphatic heterocycles. The molecule has 1 N–H and O–H groups in total. The van der Waals surface area contributed by atoms with Crippen LogP contribution in [0.5, 0.6) is 0 Å². The van der Waals surface area contributed by atoms with Crippen molar-refractivity contribution in [2.45, 2.75) is 19.4 Å². The summed E-state index contributed by atoms with van der Waals surface area (Å²) in [6.45, 7) is 4.27. The SMILES string of the molecule is CN(C)CCN(Cc1ccccc1)C(=O)C1CCCNC1.Cl. The second kappa shape index (κ2) is 9.82. The van der Waals surface area contributed by atoms with Crippen molar-refractivity contribution >= 4 is 18.3 Å². The highest BCUT2D eigenvalue weighted by molar-refractivity contribution is 5.85. The van der Waals surface area contributed by atoms with Crippen molar-refractivity contribution in [3.63, 3.8) is 0 Å². The first kappa shape index (κ1) is 18.9. The van der Waals surface area contributed by atoms with E-state index in [9.17, 15) is 4.79 Å². The van der Waals surface area contributed by atoms with E-state index in [1.165, 1.54) is 5.56 Å². The maximum Gasteiger partial charge on any atom is 0.227 e. The van der Waals surface area contributed by atoms with E-state index >= 15 is 0 Å². The van der Waals surface area contributed by atoms with Crippen molar-refractivity contribution in [3.05, 3.63) is 35.9 Å². The van der Waals surface area contributed by atoms with E-state index in [4.69, 9.17) is 0 Å². The van der Waals surface area contributed by atoms with Crippen LogP contribution in [0.2, 0.25) is 0 Å². The molecule has 4 nitrogen and oxygen atoms in total. The predicted molar refractivity (Wildman–Crippen MR) is 93.3 cm³/mol. The van der Waals surface area contributed by atoms with Gasteiger partial charge in [0.05, 0.1) is 5.92 Å². The largest absolute Gasteiger partial charge is 0.337 e. The Bertz CT molecular complexity index is 433. The molecule has 1 aromatic carbocycles. The van der Waals surface area contributed by atoms with Crippen molar-refractivity contribution in [2.24, 2.45) is 5.92 Å². The van der Waals surface area contributed by atoms with Gasteiger partial charge in [0, 0.05) is 26.2 Å². The Balaban J connectivity index is 0.00000242. The average Bonchev–Trinajstić information content (AvgIpc) is 2.52. The van der Waals surface area contributed by atoms with E-state index in [-0.39, 0.29) is 18.3 Å². The Morgan fingerprint density at radius 2 is 1.95 bits per heavy atom. The van der Waals surface area contributed by atoms with Gasteiger partial charge in [0.15, 0.2) is 0 Å². The van der Waals surface area contributed by atoms with E-state index in [0.717, 1.165) is 39.0 Å². The highest BCUT2D eigenvalue weighted by atomic mass is 35.5. The lowest BCUT2D eigenvalue weighted by Gasteiger charge is -2.30. The van der Waals surface area contributed by atoms with Gasteiger partial charge in [-0.25, -0.2) is 0 Å². The van der Waals surface area contributed by atoms with Crippen LogP contribution in [0, 0.1) is 5.92 Å². The summed E-state index contributed by atoms with van der Waals surface area (Å²) in [6.07, 6.45) is 2.11. The summed E-state index contributed by atoms with van der Waals surface area (Å²) >= 11 is 0. The van der Waals surface area contributed by atoms with Crippen LogP contribution in [0.25, 0.3) is 0 Å². The fraction of sp³-hybridized carbons (Fsp3) is 0.588. The summed E-state index contributed by atoms with van der Waals surface area (Å²) in [5, 5.41) is 3.34. The van der Waals surface area contributed by atoms with E-state index in [0.29, 0.717) is 12.5 Å². The third-order valence-electron chi connectivity index (χ3n) is 3.99. The third kappa shape index (κ3) is 5.95. The monoisotopic (exact) mass is 325 g/mol. The average molecular weight is 326 g/mol. The number of halogens is 1. The van der Waals surface area contributed by atoms with Crippen molar-refractivity contribution in [3.8, 4) is 0 Å². The van der Waals surface area contributed by atoms with Gasteiger partial charge in [0.25, 0.3) is 0 Å². The smallest absolute Gasteiger partial charge is 0.227 e. The highest BCUT2D eigenvalue weighted by Crippen LogP contribution is 2.15. The van der Waals surface area contributed by atoms with Gasteiger partial charge < -0.3 is 15.1 Å². The number of benzene rings is 1. The predicted octanol–water partition coefficient (Wildman–Crippen LogP) is 2.00. The number of hydrogen-bond acceptors (Lipinski definition) is 3. The Morgan fingerprint density at radius 3 is 2.55 bits per heavy atom. The molecule has 0 radical (unpaired) electrons. The van der Waals surface area contributed by atoms with E-state index < -0.39 is 0 Å². The van der Waals surface area contributed by atoms with Gasteiger partial charge in [-0.05, 0) is 39.0 Å². The fourth-order valence-electron chi connectivity index (χ4n) is 2.71. The highest BCUT2D eigenvalue weighted by Gasteiger charge is 2.25. The quantitative estimate of drug-likeness (QED) is 0.869. The molecule has 1 fully saturated rings. The lowest BCUT2D eigenvalue weighted by Crippen LogP contribution is -2.44. The van der Waals surface area contributed by atoms with Crippen LogP contribution >= 0.6 is 12.4 Å². The molecule has 124 valence electrons. The molecule has 2 rings (SSSR count). The zero-order valence-electron chi connectivity index (χ0n) is 13.6. The number of carbonyl (C=O) groups is 1. The van der Waals surface area contributed by atoms with E-state index in [1.807, 2.05) is 37.2 Å². The van der Waals surface area contributed by atoms with Crippen LogP contribution in [0.15, 0.2) is 30.3 Å². The molecule has 1 aromatic rings. The van der Waals surface area contributed by atoms with Gasteiger partial charge in [0.1, 0.15) is 0 Å². The van der Waals surface area contributed by atoms with E-state index in [1.54, 1.807) is 0 Å². The minimum Gasteiger partial charge on any atom is -0.337 e. The minimum absolute atomic E-state index is 0. The van der Waals surface area contributed by atoms with Crippen LogP contribution < -0.4 is 5.32 Å². The van der Waals surface area contributed by atoms with Gasteiger partial charge in [0.2, 0.25) is 5.91 Å². The molecule has 22 heavy (non-hydrogen) atoms. The number of piperidine rings is 1. The summed E-state index contributed by atoms with van der Waals surface area (Å²) in [5.41, 5.74) is 1.20. The summed E-state index contributed by atoms with van der Waals surface area (Å²) in [4.78, 5) is 16.9. The molecular formula is C17H28ClN3O. The molecule has 1 heterocycles. The number of hydrogen-bond donors (Lipinski definition) is 1. The topological polar surface area (TPSA) is 35.6 Å². The normalized spacial score (nSPS) is 17.9. The summed E-state index contributed by atoms with van der Waals surface area (Å²) in [7, 11) is 4.10. The first-order chi connectivity index (χ1) is 10.2. The molecule has 0 bridgehead atoms. The molecule has 0 spiro atoms. The van der Waals surface area contributed by atoms with Crippen LogP contribution in [-0.2, 0) is 11.3 Å². The number of amides is 1. The molecule has 1 amide bonds. The van der Waals surface area contributed by atoms with Crippen molar-refractivity contribution in [1.29, 1.82) is 0 Å². The van der Waals surface area contributed by atoms with Crippen molar-refractivity contribution in [2.75, 3.05) is 40.3 Å². The molecule has 0 saturated carbocycles. The molecule has 1 saturated heterocycles. The van der Waals surface area contributed by atoms with Gasteiger partial charge in [-0.3, -0.25) is 4.79 Å². The summed E-state index contributed by atoms with van der Waals surface area (Å²) in [5.74, 6) is 0.442. The number of carbonyl (C=O) groups excluding carboxylic acids is 1. The molecule has 1 unspecified atom stereocenters. The van der Waals surface area contributed by atoms with Crippen molar-refractivity contribution < 1.29 is 4.79 Å². The molecule has 5 heteroatoms. The van der Waals surface area contributed by atoms with Gasteiger partial charge in [-0.2, -0.15) is 0 Å². The summed E-state index contributed by atoms with van der Waals surface area (Å²) < 4.78 is 0. The Kier molecular flexibility index (Phi) is 8.46.